The van der Waals surface area contributed by atoms with Gasteiger partial charge < -0.3 is 19.7 Å². The minimum Gasteiger partial charge on any atom is -0.491 e. The zero-order valence-electron chi connectivity index (χ0n) is 17.5. The summed E-state index contributed by atoms with van der Waals surface area (Å²) < 4.78 is 52.3. The molecule has 31 heavy (non-hydrogen) atoms. The van der Waals surface area contributed by atoms with E-state index >= 15 is 0 Å². The summed E-state index contributed by atoms with van der Waals surface area (Å²) in [6, 6.07) is -1.30. The van der Waals surface area contributed by atoms with Crippen LogP contribution in [0.5, 0.6) is 5.75 Å². The Labute approximate surface area is 177 Å². The molecule has 2 heterocycles. The van der Waals surface area contributed by atoms with Gasteiger partial charge in [-0.25, -0.2) is 8.78 Å². The molecule has 0 saturated carbocycles. The summed E-state index contributed by atoms with van der Waals surface area (Å²) in [6.45, 7) is 3.89. The van der Waals surface area contributed by atoms with E-state index in [9.17, 15) is 27.6 Å². The molecule has 1 aromatic carbocycles. The number of methoxy groups -OCH3 is 1. The van der Waals surface area contributed by atoms with Gasteiger partial charge in [0.05, 0.1) is 18.8 Å². The molecule has 2 fully saturated rings. The van der Waals surface area contributed by atoms with Gasteiger partial charge in [-0.2, -0.15) is 4.39 Å². The average molecular weight is 442 g/mol. The molecule has 0 radical (unpaired) electrons. The van der Waals surface area contributed by atoms with E-state index in [1.54, 1.807) is 0 Å². The lowest BCUT2D eigenvalue weighted by Crippen LogP contribution is -2.58. The minimum atomic E-state index is -1.63. The van der Waals surface area contributed by atoms with Crippen molar-refractivity contribution in [3.05, 3.63) is 29.1 Å². The van der Waals surface area contributed by atoms with Gasteiger partial charge in [0.2, 0.25) is 11.7 Å². The molecular formula is C21H25F3N2O5. The molecule has 0 spiro atoms. The maximum atomic E-state index is 14.3. The number of likely N-dealkylation sites (tertiary alicyclic amines) is 1. The predicted octanol–water partition coefficient (Wildman–Crippen LogP) is 2.22. The van der Waals surface area contributed by atoms with Crippen molar-refractivity contribution in [1.82, 2.24) is 10.2 Å². The van der Waals surface area contributed by atoms with Crippen LogP contribution in [0.2, 0.25) is 0 Å². The molecule has 0 aromatic heterocycles. The van der Waals surface area contributed by atoms with Crippen molar-refractivity contribution < 1.29 is 37.0 Å². The molecule has 10 heteroatoms. The highest BCUT2D eigenvalue weighted by atomic mass is 19.2. The standard InChI is InChI=1S/C21H25F3N2O5/c1-10(2)7-13(21(29)26-6-4-5-15-18(26)14(27)9-31-15)25-20(28)11-8-12(22)19(30-3)17(24)16(11)23/h8,10,13,15,18H,4-7,9H2,1-3H3,(H,25,28). The van der Waals surface area contributed by atoms with E-state index in [4.69, 9.17) is 4.74 Å². The highest BCUT2D eigenvalue weighted by molar-refractivity contribution is 5.99. The Morgan fingerprint density at radius 3 is 2.65 bits per heavy atom. The third-order valence-corrected chi connectivity index (χ3v) is 5.50. The first kappa shape index (κ1) is 23.1. The summed E-state index contributed by atoms with van der Waals surface area (Å²) in [5.41, 5.74) is -0.880. The van der Waals surface area contributed by atoms with Crippen LogP contribution in [0, 0.1) is 23.4 Å². The molecule has 7 nitrogen and oxygen atoms in total. The fourth-order valence-electron chi connectivity index (χ4n) is 4.10. The monoisotopic (exact) mass is 442 g/mol. The topological polar surface area (TPSA) is 84.9 Å². The zero-order chi connectivity index (χ0) is 22.9. The van der Waals surface area contributed by atoms with Gasteiger partial charge in [0.1, 0.15) is 18.7 Å². The van der Waals surface area contributed by atoms with Crippen molar-refractivity contribution in [3.8, 4) is 5.75 Å². The Morgan fingerprint density at radius 1 is 1.29 bits per heavy atom. The Hall–Kier alpha value is -2.62. The second kappa shape index (κ2) is 9.25. The number of fused-ring (bicyclic) bond motifs is 1. The van der Waals surface area contributed by atoms with E-state index in [0.717, 1.165) is 7.11 Å². The first-order valence-corrected chi connectivity index (χ1v) is 10.1. The molecule has 2 aliphatic rings. The van der Waals surface area contributed by atoms with E-state index < -0.39 is 52.7 Å². The van der Waals surface area contributed by atoms with Crippen LogP contribution in [-0.2, 0) is 14.3 Å². The quantitative estimate of drug-likeness (QED) is 0.683. The average Bonchev–Trinajstić information content (AvgIpc) is 3.10. The number of carbonyl (C=O) groups excluding carboxylic acids is 3. The molecular weight excluding hydrogens is 417 g/mol. The van der Waals surface area contributed by atoms with E-state index in [1.165, 1.54) is 4.90 Å². The van der Waals surface area contributed by atoms with Crippen LogP contribution in [-0.4, -0.2) is 60.9 Å². The second-order valence-electron chi connectivity index (χ2n) is 8.16. The predicted molar refractivity (Wildman–Crippen MR) is 103 cm³/mol. The highest BCUT2D eigenvalue weighted by Crippen LogP contribution is 2.29. The maximum Gasteiger partial charge on any atom is 0.255 e. The zero-order valence-corrected chi connectivity index (χ0v) is 17.5. The number of nitrogens with zero attached hydrogens (tertiary/aromatic N) is 1. The maximum absolute atomic E-state index is 14.3. The van der Waals surface area contributed by atoms with E-state index in [-0.39, 0.29) is 30.8 Å². The third kappa shape index (κ3) is 4.53. The highest BCUT2D eigenvalue weighted by Gasteiger charge is 2.45. The van der Waals surface area contributed by atoms with Crippen molar-refractivity contribution in [2.45, 2.75) is 51.3 Å². The van der Waals surface area contributed by atoms with Gasteiger partial charge in [-0.1, -0.05) is 13.8 Å². The number of halogens is 3. The molecule has 2 amide bonds. The first-order valence-electron chi connectivity index (χ1n) is 10.1. The number of hydrogen-bond donors (Lipinski definition) is 1. The fraction of sp³-hybridized carbons (Fsp3) is 0.571. The number of nitrogens with one attached hydrogen (secondary N) is 1. The van der Waals surface area contributed by atoms with Crippen LogP contribution >= 0.6 is 0 Å². The van der Waals surface area contributed by atoms with Crippen LogP contribution in [0.1, 0.15) is 43.5 Å². The van der Waals surface area contributed by atoms with Crippen molar-refractivity contribution in [2.24, 2.45) is 5.92 Å². The summed E-state index contributed by atoms with van der Waals surface area (Å²) in [5.74, 6) is -7.30. The molecule has 3 atom stereocenters. The van der Waals surface area contributed by atoms with Crippen LogP contribution in [0.15, 0.2) is 6.07 Å². The summed E-state index contributed by atoms with van der Waals surface area (Å²) in [5, 5.41) is 2.39. The van der Waals surface area contributed by atoms with Gasteiger partial charge in [-0.05, 0) is 31.2 Å². The van der Waals surface area contributed by atoms with Gasteiger partial charge in [-0.3, -0.25) is 14.4 Å². The molecule has 0 aliphatic carbocycles. The summed E-state index contributed by atoms with van der Waals surface area (Å²) >= 11 is 0. The van der Waals surface area contributed by atoms with Crippen LogP contribution in [0.3, 0.4) is 0 Å². The number of ether oxygens (including phenoxy) is 2. The third-order valence-electron chi connectivity index (χ3n) is 5.50. The molecule has 0 bridgehead atoms. The van der Waals surface area contributed by atoms with Gasteiger partial charge >= 0.3 is 0 Å². The van der Waals surface area contributed by atoms with E-state index in [0.29, 0.717) is 25.5 Å². The summed E-state index contributed by atoms with van der Waals surface area (Å²) in [6.07, 6.45) is 1.09. The number of benzene rings is 1. The summed E-state index contributed by atoms with van der Waals surface area (Å²) in [7, 11) is 0.970. The lowest BCUT2D eigenvalue weighted by molar-refractivity contribution is -0.142. The number of Topliss-reactive ketones (excluding diaryl/α,β-unsaturated/α-hetero) is 1. The number of carbonyl (C=O) groups is 3. The van der Waals surface area contributed by atoms with Crippen molar-refractivity contribution in [2.75, 3.05) is 20.3 Å². The van der Waals surface area contributed by atoms with Gasteiger partial charge in [0.15, 0.2) is 23.2 Å². The number of hydrogen-bond acceptors (Lipinski definition) is 5. The van der Waals surface area contributed by atoms with E-state index in [2.05, 4.69) is 10.1 Å². The fourth-order valence-corrected chi connectivity index (χ4v) is 4.10. The Morgan fingerprint density at radius 2 is 2.00 bits per heavy atom. The number of piperidine rings is 1. The SMILES string of the molecule is COc1c(F)cc(C(=O)NC(CC(C)C)C(=O)N2CCCC3OCC(=O)C32)c(F)c1F. The molecule has 3 unspecified atom stereocenters. The molecule has 2 aliphatic heterocycles. The van der Waals surface area contributed by atoms with Gasteiger partial charge in [0, 0.05) is 6.54 Å². The van der Waals surface area contributed by atoms with Gasteiger partial charge in [-0.15, -0.1) is 0 Å². The van der Waals surface area contributed by atoms with Crippen molar-refractivity contribution in [3.63, 3.8) is 0 Å². The van der Waals surface area contributed by atoms with Crippen molar-refractivity contribution >= 4 is 17.6 Å². The summed E-state index contributed by atoms with van der Waals surface area (Å²) in [4.78, 5) is 39.5. The second-order valence-corrected chi connectivity index (χ2v) is 8.16. The van der Waals surface area contributed by atoms with Gasteiger partial charge in [0.25, 0.3) is 5.91 Å². The Bertz CT molecular complexity index is 892. The van der Waals surface area contributed by atoms with Crippen molar-refractivity contribution in [1.29, 1.82) is 0 Å². The lowest BCUT2D eigenvalue weighted by Gasteiger charge is -2.37. The first-order chi connectivity index (χ1) is 14.6. The normalized spacial score (nSPS) is 21.8. The molecule has 1 aromatic rings. The van der Waals surface area contributed by atoms with Crippen LogP contribution in [0.4, 0.5) is 13.2 Å². The molecule has 1 N–H and O–H groups in total. The Balaban J connectivity index is 1.86. The molecule has 170 valence electrons. The lowest BCUT2D eigenvalue weighted by atomic mass is 9.95. The van der Waals surface area contributed by atoms with Crippen LogP contribution in [0.25, 0.3) is 0 Å². The van der Waals surface area contributed by atoms with E-state index in [1.807, 2.05) is 13.8 Å². The van der Waals surface area contributed by atoms with Crippen LogP contribution < -0.4 is 10.1 Å². The smallest absolute Gasteiger partial charge is 0.255 e. The Kier molecular flexibility index (Phi) is 6.88. The molecule has 3 rings (SSSR count). The number of ketones is 1. The molecule has 2 saturated heterocycles. The number of rotatable bonds is 6. The minimum absolute atomic E-state index is 0.0421. The largest absolute Gasteiger partial charge is 0.491 e. The number of amides is 2.